The van der Waals surface area contributed by atoms with Gasteiger partial charge in [0.15, 0.2) is 25.7 Å². The minimum atomic E-state index is -0.336. The normalized spacial score (nSPS) is 11.1. The Labute approximate surface area is 221 Å². The van der Waals surface area contributed by atoms with Crippen molar-refractivity contribution in [3.05, 3.63) is 44.3 Å². The van der Waals surface area contributed by atoms with Gasteiger partial charge in [-0.15, -0.1) is 45.3 Å². The van der Waals surface area contributed by atoms with Gasteiger partial charge in [0.2, 0.25) is 0 Å². The minimum absolute atomic E-state index is 0.0178. The van der Waals surface area contributed by atoms with Crippen LogP contribution in [0, 0.1) is 11.8 Å². The van der Waals surface area contributed by atoms with Crippen LogP contribution in [-0.4, -0.2) is 37.6 Å². The van der Waals surface area contributed by atoms with E-state index in [9.17, 15) is 9.90 Å². The third-order valence-corrected chi connectivity index (χ3v) is 8.54. The molecule has 0 aliphatic rings. The number of thiazole rings is 4. The molecule has 4 aromatic rings. The van der Waals surface area contributed by atoms with Crippen LogP contribution in [0.15, 0.2) is 23.2 Å². The highest BCUT2D eigenvalue weighted by Crippen LogP contribution is 2.32. The van der Waals surface area contributed by atoms with Gasteiger partial charge in [-0.05, 0) is 31.6 Å². The summed E-state index contributed by atoms with van der Waals surface area (Å²) in [6.45, 7) is 10.8. The highest BCUT2D eigenvalue weighted by atomic mass is 32.1. The average Bonchev–Trinajstić information content (AvgIpc) is 3.59. The molecule has 7 nitrogen and oxygen atoms in total. The molecule has 0 bridgehead atoms. The molecule has 4 heterocycles. The lowest BCUT2D eigenvalue weighted by molar-refractivity contribution is 0.0519. The Balaban J connectivity index is 0.000000198. The Bertz CT molecular complexity index is 1180. The van der Waals surface area contributed by atoms with Crippen LogP contribution < -0.4 is 0 Å². The summed E-state index contributed by atoms with van der Waals surface area (Å²) in [5, 5.41) is 16.6. The van der Waals surface area contributed by atoms with Crippen LogP contribution in [0.4, 0.5) is 0 Å². The van der Waals surface area contributed by atoms with Crippen LogP contribution in [0.1, 0.15) is 60.6 Å². The molecule has 0 saturated heterocycles. The summed E-state index contributed by atoms with van der Waals surface area (Å²) in [5.74, 6) is 0.713. The van der Waals surface area contributed by atoms with Crippen molar-refractivity contribution in [3.63, 3.8) is 0 Å². The maximum atomic E-state index is 11.9. The monoisotopic (exact) mass is 550 g/mol. The second-order valence-corrected chi connectivity index (χ2v) is 12.4. The van der Waals surface area contributed by atoms with Crippen LogP contribution in [0.2, 0.25) is 0 Å². The van der Waals surface area contributed by atoms with Crippen LogP contribution in [0.25, 0.3) is 20.0 Å². The van der Waals surface area contributed by atoms with Gasteiger partial charge < -0.3 is 9.84 Å². The van der Waals surface area contributed by atoms with E-state index in [4.69, 9.17) is 4.74 Å². The Morgan fingerprint density at radius 2 is 1.43 bits per heavy atom. The average molecular weight is 551 g/mol. The first kappa shape index (κ1) is 27.5. The fourth-order valence-electron chi connectivity index (χ4n) is 3.10. The summed E-state index contributed by atoms with van der Waals surface area (Å²) >= 11 is 6.29. The zero-order valence-corrected chi connectivity index (χ0v) is 23.7. The lowest BCUT2D eigenvalue weighted by Gasteiger charge is -2.04. The van der Waals surface area contributed by atoms with Gasteiger partial charge in [-0.1, -0.05) is 27.7 Å². The fraction of sp³-hybridized carbons (Fsp3) is 0.458. The Morgan fingerprint density at radius 1 is 0.886 bits per heavy atom. The smallest absolute Gasteiger partial charge is 0.358 e. The molecular formula is C24H30N4O3S4. The molecule has 0 aliphatic carbocycles. The molecule has 188 valence electrons. The van der Waals surface area contributed by atoms with Crippen LogP contribution in [-0.2, 0) is 24.2 Å². The number of hydrogen-bond donors (Lipinski definition) is 1. The van der Waals surface area contributed by atoms with E-state index in [-0.39, 0.29) is 12.6 Å². The van der Waals surface area contributed by atoms with Crippen molar-refractivity contribution in [3.8, 4) is 20.0 Å². The summed E-state index contributed by atoms with van der Waals surface area (Å²) in [7, 11) is 0. The number of nitrogens with zero attached hydrogens (tertiary/aromatic N) is 4. The first-order valence-electron chi connectivity index (χ1n) is 11.4. The number of carbonyl (C=O) groups excluding carboxylic acids is 1. The molecule has 0 spiro atoms. The second-order valence-electron chi connectivity index (χ2n) is 8.43. The summed E-state index contributed by atoms with van der Waals surface area (Å²) in [6, 6.07) is 0. The number of aliphatic hydroxyl groups excluding tert-OH is 1. The van der Waals surface area contributed by atoms with E-state index in [1.807, 2.05) is 10.8 Å². The number of carbonyl (C=O) groups is 1. The van der Waals surface area contributed by atoms with Crippen molar-refractivity contribution in [2.24, 2.45) is 11.8 Å². The third-order valence-electron chi connectivity index (χ3n) is 4.51. The minimum Gasteiger partial charge on any atom is -0.461 e. The van der Waals surface area contributed by atoms with E-state index < -0.39 is 0 Å². The van der Waals surface area contributed by atoms with Crippen LogP contribution in [0.3, 0.4) is 0 Å². The summed E-state index contributed by atoms with van der Waals surface area (Å²) in [4.78, 5) is 31.4. The SMILES string of the molecule is CC(C)Cc1sc(-c2nccs2)nc1CO.CCOC(=O)c1nc(-c2nccs2)sc1CC(C)C. The van der Waals surface area contributed by atoms with Gasteiger partial charge in [0.1, 0.15) is 0 Å². The highest BCUT2D eigenvalue weighted by Gasteiger charge is 2.21. The van der Waals surface area contributed by atoms with Gasteiger partial charge >= 0.3 is 5.97 Å². The quantitative estimate of drug-likeness (QED) is 0.234. The standard InChI is InChI=1S/C13H16N2O2S2.C11H14N2OS2/c1-4-17-13(16)10-9(7-8(2)3)19-12(15-10)11-14-5-6-18-11;1-7(2)5-9-8(6-14)13-11(16-9)10-12-3-4-15-10/h5-6,8H,4,7H2,1-3H3;3-4,7,14H,5-6H2,1-2H3. The summed E-state index contributed by atoms with van der Waals surface area (Å²) < 4.78 is 5.07. The molecule has 0 amide bonds. The van der Waals surface area contributed by atoms with Gasteiger partial charge in [0.25, 0.3) is 0 Å². The fourth-order valence-corrected chi connectivity index (χ4v) is 7.00. The largest absolute Gasteiger partial charge is 0.461 e. The maximum Gasteiger partial charge on any atom is 0.358 e. The number of hydrogen-bond acceptors (Lipinski definition) is 11. The van der Waals surface area contributed by atoms with Crippen molar-refractivity contribution in [1.29, 1.82) is 0 Å². The third kappa shape index (κ3) is 7.71. The van der Waals surface area contributed by atoms with E-state index in [0.717, 1.165) is 43.4 Å². The highest BCUT2D eigenvalue weighted by molar-refractivity contribution is 7.21. The molecule has 1 N–H and O–H groups in total. The topological polar surface area (TPSA) is 98.1 Å². The second kappa shape index (κ2) is 13.3. The van der Waals surface area contributed by atoms with E-state index in [1.54, 1.807) is 42.0 Å². The van der Waals surface area contributed by atoms with E-state index >= 15 is 0 Å². The number of rotatable bonds is 9. The molecule has 35 heavy (non-hydrogen) atoms. The first-order valence-corrected chi connectivity index (χ1v) is 14.8. The summed E-state index contributed by atoms with van der Waals surface area (Å²) in [5.41, 5.74) is 1.26. The lowest BCUT2D eigenvalue weighted by Crippen LogP contribution is -2.08. The molecule has 11 heteroatoms. The van der Waals surface area contributed by atoms with Crippen LogP contribution in [0.5, 0.6) is 0 Å². The van der Waals surface area contributed by atoms with E-state index in [1.165, 1.54) is 27.6 Å². The van der Waals surface area contributed by atoms with Crippen molar-refractivity contribution in [2.45, 2.75) is 54.1 Å². The van der Waals surface area contributed by atoms with Gasteiger partial charge in [0.05, 0.1) is 18.9 Å². The molecule has 0 aromatic carbocycles. The lowest BCUT2D eigenvalue weighted by atomic mass is 10.1. The van der Waals surface area contributed by atoms with Crippen molar-refractivity contribution >= 4 is 51.3 Å². The Kier molecular flexibility index (Phi) is 10.5. The first-order chi connectivity index (χ1) is 16.8. The van der Waals surface area contributed by atoms with E-state index in [2.05, 4.69) is 47.6 Å². The van der Waals surface area contributed by atoms with Gasteiger partial charge in [-0.25, -0.2) is 24.7 Å². The molecule has 0 aliphatic heterocycles. The van der Waals surface area contributed by atoms with Gasteiger partial charge in [-0.3, -0.25) is 0 Å². The molecule has 0 fully saturated rings. The van der Waals surface area contributed by atoms with Gasteiger partial charge in [0, 0.05) is 32.9 Å². The number of ether oxygens (including phenoxy) is 1. The van der Waals surface area contributed by atoms with E-state index in [0.29, 0.717) is 24.1 Å². The van der Waals surface area contributed by atoms with Crippen LogP contribution >= 0.6 is 45.3 Å². The molecule has 0 atom stereocenters. The number of aromatic nitrogens is 4. The van der Waals surface area contributed by atoms with Crippen molar-refractivity contribution in [2.75, 3.05) is 6.61 Å². The predicted molar refractivity (Wildman–Crippen MR) is 145 cm³/mol. The Morgan fingerprint density at radius 3 is 1.91 bits per heavy atom. The predicted octanol–water partition coefficient (Wildman–Crippen LogP) is 6.60. The summed E-state index contributed by atoms with van der Waals surface area (Å²) in [6.07, 6.45) is 5.33. The molecule has 0 unspecified atom stereocenters. The molecule has 4 rings (SSSR count). The Hall–Kier alpha value is -2.05. The zero-order valence-electron chi connectivity index (χ0n) is 20.5. The molecule has 0 radical (unpaired) electrons. The van der Waals surface area contributed by atoms with Crippen molar-refractivity contribution in [1.82, 2.24) is 19.9 Å². The zero-order chi connectivity index (χ0) is 25.4. The maximum absolute atomic E-state index is 11.9. The number of esters is 1. The molecule has 0 saturated carbocycles. The van der Waals surface area contributed by atoms with Gasteiger partial charge in [-0.2, -0.15) is 0 Å². The molecule has 4 aromatic heterocycles. The number of aliphatic hydroxyl groups is 1. The molecular weight excluding hydrogens is 521 g/mol. The van der Waals surface area contributed by atoms with Crippen molar-refractivity contribution < 1.29 is 14.6 Å².